The minimum Gasteiger partial charge on any atom is -0.465 e. The van der Waals surface area contributed by atoms with Gasteiger partial charge in [0.25, 0.3) is 5.91 Å². The smallest absolute Gasteiger partial charge is 0.307 e. The Hall–Kier alpha value is -2.65. The average Bonchev–Trinajstić information content (AvgIpc) is 2.81. The summed E-state index contributed by atoms with van der Waals surface area (Å²) in [6.07, 6.45) is 5.16. The zero-order chi connectivity index (χ0) is 25.4. The van der Waals surface area contributed by atoms with Gasteiger partial charge >= 0.3 is 5.97 Å². The van der Waals surface area contributed by atoms with Crippen LogP contribution in [0.15, 0.2) is 18.2 Å². The van der Waals surface area contributed by atoms with Crippen molar-refractivity contribution in [2.24, 2.45) is 5.92 Å². The lowest BCUT2D eigenvalue weighted by molar-refractivity contribution is -0.149. The van der Waals surface area contributed by atoms with Crippen LogP contribution in [0.3, 0.4) is 0 Å². The molecule has 1 saturated heterocycles. The number of rotatable bonds is 9. The molecule has 10 heteroatoms. The highest BCUT2D eigenvalue weighted by molar-refractivity contribution is 6.34. The van der Waals surface area contributed by atoms with Crippen LogP contribution in [0.25, 0.3) is 0 Å². The zero-order valence-corrected chi connectivity index (χ0v) is 21.2. The van der Waals surface area contributed by atoms with E-state index in [2.05, 4.69) is 16.0 Å². The van der Waals surface area contributed by atoms with Gasteiger partial charge in [-0.1, -0.05) is 44.7 Å². The predicted molar refractivity (Wildman–Crippen MR) is 133 cm³/mol. The molecular weight excluding hydrogens is 472 g/mol. The van der Waals surface area contributed by atoms with Gasteiger partial charge in [0.2, 0.25) is 11.8 Å². The Kier molecular flexibility index (Phi) is 9.92. The van der Waals surface area contributed by atoms with E-state index in [1.807, 2.05) is 13.8 Å². The molecule has 192 valence electrons. The molecule has 2 aliphatic rings. The molecule has 1 saturated carbocycles. The van der Waals surface area contributed by atoms with Crippen molar-refractivity contribution in [2.45, 2.75) is 64.5 Å². The van der Waals surface area contributed by atoms with E-state index in [-0.39, 0.29) is 49.3 Å². The molecule has 9 nitrogen and oxygen atoms in total. The van der Waals surface area contributed by atoms with Crippen molar-refractivity contribution in [3.8, 4) is 0 Å². The van der Waals surface area contributed by atoms with Gasteiger partial charge in [0.15, 0.2) is 0 Å². The average molecular weight is 507 g/mol. The van der Waals surface area contributed by atoms with Crippen LogP contribution in [-0.2, 0) is 19.1 Å². The number of hydrogen-bond acceptors (Lipinski definition) is 6. The number of benzene rings is 1. The Morgan fingerprint density at radius 3 is 2.66 bits per heavy atom. The summed E-state index contributed by atoms with van der Waals surface area (Å²) in [5, 5.41) is 8.86. The van der Waals surface area contributed by atoms with Crippen LogP contribution < -0.4 is 16.0 Å². The topological polar surface area (TPSA) is 117 Å². The molecule has 1 unspecified atom stereocenters. The second kappa shape index (κ2) is 12.9. The highest BCUT2D eigenvalue weighted by Gasteiger charge is 2.33. The molecule has 0 spiro atoms. The third kappa shape index (κ3) is 8.21. The Labute approximate surface area is 211 Å². The van der Waals surface area contributed by atoms with Crippen molar-refractivity contribution < 1.29 is 23.9 Å². The minimum absolute atomic E-state index is 0.0816. The standard InChI is InChI=1S/C25H35ClN4O5/c1-16(2)15-35-23(32)13-21-25(34)27-10-11-30(21)14-22(31)28-18-8-9-20(26)19(12-18)24(33)29-17-6-4-3-5-7-17/h8-9,12,16-17,21H,3-7,10-11,13-15H2,1-2H3,(H,27,34)(H,28,31)(H,29,33). The van der Waals surface area contributed by atoms with Crippen molar-refractivity contribution in [1.29, 1.82) is 0 Å². The summed E-state index contributed by atoms with van der Waals surface area (Å²) < 4.78 is 5.21. The first-order valence-corrected chi connectivity index (χ1v) is 12.7. The molecule has 1 aliphatic carbocycles. The minimum atomic E-state index is -0.781. The quantitative estimate of drug-likeness (QED) is 0.443. The number of carbonyl (C=O) groups excluding carboxylic acids is 4. The fourth-order valence-corrected chi connectivity index (χ4v) is 4.53. The predicted octanol–water partition coefficient (Wildman–Crippen LogP) is 2.73. The first-order chi connectivity index (χ1) is 16.7. The number of halogens is 1. The van der Waals surface area contributed by atoms with E-state index in [4.69, 9.17) is 16.3 Å². The van der Waals surface area contributed by atoms with Crippen molar-refractivity contribution in [3.63, 3.8) is 0 Å². The number of piperazine rings is 1. The number of hydrogen-bond donors (Lipinski definition) is 3. The molecule has 2 fully saturated rings. The molecule has 0 aromatic heterocycles. The molecule has 3 N–H and O–H groups in total. The second-order valence-corrected chi connectivity index (χ2v) is 10.0. The summed E-state index contributed by atoms with van der Waals surface area (Å²) in [4.78, 5) is 51.8. The van der Waals surface area contributed by atoms with Crippen LogP contribution in [-0.4, -0.2) is 66.9 Å². The van der Waals surface area contributed by atoms with Gasteiger partial charge in [0.1, 0.15) is 6.04 Å². The highest BCUT2D eigenvalue weighted by atomic mass is 35.5. The van der Waals surface area contributed by atoms with Gasteiger partial charge in [-0.2, -0.15) is 0 Å². The second-order valence-electron chi connectivity index (χ2n) is 9.61. The van der Waals surface area contributed by atoms with Crippen LogP contribution >= 0.6 is 11.6 Å². The van der Waals surface area contributed by atoms with Crippen LogP contribution in [0.1, 0.15) is 62.7 Å². The lowest BCUT2D eigenvalue weighted by Crippen LogP contribution is -2.57. The summed E-state index contributed by atoms with van der Waals surface area (Å²) in [6.45, 7) is 4.87. The van der Waals surface area contributed by atoms with Crippen LogP contribution in [0, 0.1) is 5.92 Å². The van der Waals surface area contributed by atoms with E-state index in [0.29, 0.717) is 29.4 Å². The number of anilines is 1. The molecule has 3 amide bonds. The highest BCUT2D eigenvalue weighted by Crippen LogP contribution is 2.23. The Balaban J connectivity index is 1.60. The van der Waals surface area contributed by atoms with Crippen molar-refractivity contribution in [3.05, 3.63) is 28.8 Å². The number of nitrogens with one attached hydrogen (secondary N) is 3. The zero-order valence-electron chi connectivity index (χ0n) is 20.4. The third-order valence-electron chi connectivity index (χ3n) is 6.16. The van der Waals surface area contributed by atoms with Gasteiger partial charge in [-0.25, -0.2) is 0 Å². The molecule has 1 heterocycles. The molecule has 35 heavy (non-hydrogen) atoms. The van der Waals surface area contributed by atoms with Gasteiger partial charge in [-0.15, -0.1) is 0 Å². The fraction of sp³-hybridized carbons (Fsp3) is 0.600. The SMILES string of the molecule is CC(C)COC(=O)CC1C(=O)NCCN1CC(=O)Nc1ccc(Cl)c(C(=O)NC2CCCCC2)c1. The van der Waals surface area contributed by atoms with Gasteiger partial charge in [-0.3, -0.25) is 24.1 Å². The first-order valence-electron chi connectivity index (χ1n) is 12.3. The van der Waals surface area contributed by atoms with Crippen LogP contribution in [0.2, 0.25) is 5.02 Å². The summed E-state index contributed by atoms with van der Waals surface area (Å²) in [6, 6.07) is 4.12. The fourth-order valence-electron chi connectivity index (χ4n) is 4.32. The van der Waals surface area contributed by atoms with Crippen molar-refractivity contribution in [1.82, 2.24) is 15.5 Å². The molecule has 1 aromatic carbocycles. The van der Waals surface area contributed by atoms with E-state index >= 15 is 0 Å². The molecular formula is C25H35ClN4O5. The largest absolute Gasteiger partial charge is 0.465 e. The molecule has 0 radical (unpaired) electrons. The summed E-state index contributed by atoms with van der Waals surface area (Å²) in [7, 11) is 0. The van der Waals surface area contributed by atoms with E-state index in [1.165, 1.54) is 6.42 Å². The normalized spacial score (nSPS) is 19.2. The maximum atomic E-state index is 12.8. The molecule has 1 aliphatic heterocycles. The number of nitrogens with zero attached hydrogens (tertiary/aromatic N) is 1. The van der Waals surface area contributed by atoms with Gasteiger partial charge in [-0.05, 0) is 37.0 Å². The lowest BCUT2D eigenvalue weighted by Gasteiger charge is -2.33. The van der Waals surface area contributed by atoms with E-state index < -0.39 is 12.0 Å². The molecule has 1 aromatic rings. The summed E-state index contributed by atoms with van der Waals surface area (Å²) in [5.74, 6) is -1.21. The summed E-state index contributed by atoms with van der Waals surface area (Å²) in [5.41, 5.74) is 0.737. The first kappa shape index (κ1) is 26.9. The Morgan fingerprint density at radius 1 is 1.20 bits per heavy atom. The third-order valence-corrected chi connectivity index (χ3v) is 6.49. The number of ether oxygens (including phenoxy) is 1. The lowest BCUT2D eigenvalue weighted by atomic mass is 9.95. The van der Waals surface area contributed by atoms with Gasteiger partial charge < -0.3 is 20.7 Å². The monoisotopic (exact) mass is 506 g/mol. The maximum absolute atomic E-state index is 12.8. The number of amides is 3. The van der Waals surface area contributed by atoms with Gasteiger partial charge in [0, 0.05) is 24.8 Å². The van der Waals surface area contributed by atoms with E-state index in [9.17, 15) is 19.2 Å². The maximum Gasteiger partial charge on any atom is 0.307 e. The van der Waals surface area contributed by atoms with Crippen molar-refractivity contribution in [2.75, 3.05) is 31.6 Å². The summed E-state index contributed by atoms with van der Waals surface area (Å²) >= 11 is 6.26. The Bertz CT molecular complexity index is 932. The molecule has 3 rings (SSSR count). The molecule has 1 atom stereocenters. The number of esters is 1. The van der Waals surface area contributed by atoms with Crippen LogP contribution in [0.5, 0.6) is 0 Å². The number of carbonyl (C=O) groups is 4. The Morgan fingerprint density at radius 2 is 1.94 bits per heavy atom. The van der Waals surface area contributed by atoms with E-state index in [1.54, 1.807) is 23.1 Å². The van der Waals surface area contributed by atoms with Gasteiger partial charge in [0.05, 0.1) is 30.2 Å². The molecule has 0 bridgehead atoms. The van der Waals surface area contributed by atoms with Crippen LogP contribution in [0.4, 0.5) is 5.69 Å². The van der Waals surface area contributed by atoms with E-state index in [0.717, 1.165) is 25.7 Å². The van der Waals surface area contributed by atoms with Crippen molar-refractivity contribution >= 4 is 41.0 Å².